The average Bonchev–Trinajstić information content (AvgIpc) is 2.96. The zero-order valence-electron chi connectivity index (χ0n) is 13.7. The topological polar surface area (TPSA) is 35.5 Å². The highest BCUT2D eigenvalue weighted by atomic mass is 79.9. The smallest absolute Gasteiger partial charge is 0.558 e. The molecule has 2 aliphatic rings. The van der Waals surface area contributed by atoms with E-state index >= 15 is 0 Å². The zero-order valence-corrected chi connectivity index (χ0v) is 15.3. The summed E-state index contributed by atoms with van der Waals surface area (Å²) in [5, 5.41) is 0. The molecule has 0 N–H and O–H groups in total. The SMILES string of the molecule is CC1C(c2ccccc2)O[B-]2(c3ccc(Br)cc3)OC(=O)C[N+]12C. The summed E-state index contributed by atoms with van der Waals surface area (Å²) in [4.78, 5) is 12.2. The number of fused-ring (bicyclic) bond motifs is 1. The van der Waals surface area contributed by atoms with Crippen molar-refractivity contribution in [3.8, 4) is 0 Å². The van der Waals surface area contributed by atoms with Crippen LogP contribution in [-0.4, -0.2) is 36.7 Å². The summed E-state index contributed by atoms with van der Waals surface area (Å²) in [6, 6.07) is 18.2. The fourth-order valence-electron chi connectivity index (χ4n) is 4.17. The summed E-state index contributed by atoms with van der Waals surface area (Å²) in [7, 11) is 2.07. The number of nitrogens with zero attached hydrogens (tertiary/aromatic N) is 1. The molecule has 2 saturated heterocycles. The van der Waals surface area contributed by atoms with Crippen LogP contribution in [0.15, 0.2) is 59.1 Å². The second kappa shape index (κ2) is 5.44. The molecule has 2 aromatic carbocycles. The van der Waals surface area contributed by atoms with Gasteiger partial charge in [0.1, 0.15) is 6.54 Å². The monoisotopic (exact) mass is 387 g/mol. The van der Waals surface area contributed by atoms with Crippen LogP contribution in [0.4, 0.5) is 0 Å². The molecule has 0 aromatic heterocycles. The predicted octanol–water partition coefficient (Wildman–Crippen LogP) is 2.76. The van der Waals surface area contributed by atoms with Gasteiger partial charge in [-0.05, 0) is 12.5 Å². The summed E-state index contributed by atoms with van der Waals surface area (Å²) in [5.74, 6) is -0.196. The minimum atomic E-state index is -1.91. The van der Waals surface area contributed by atoms with Gasteiger partial charge in [-0.15, -0.1) is 0 Å². The molecule has 2 fully saturated rings. The van der Waals surface area contributed by atoms with Crippen molar-refractivity contribution in [2.24, 2.45) is 0 Å². The molecule has 24 heavy (non-hydrogen) atoms. The van der Waals surface area contributed by atoms with E-state index in [1.807, 2.05) is 42.5 Å². The van der Waals surface area contributed by atoms with Crippen LogP contribution in [0.25, 0.3) is 0 Å². The van der Waals surface area contributed by atoms with Crippen molar-refractivity contribution < 1.29 is 18.5 Å². The molecular weight excluding hydrogens is 369 g/mol. The summed E-state index contributed by atoms with van der Waals surface area (Å²) in [5.41, 5.74) is 2.05. The second-order valence-electron chi connectivity index (χ2n) is 6.93. The molecule has 0 radical (unpaired) electrons. The van der Waals surface area contributed by atoms with Crippen molar-refractivity contribution in [2.75, 3.05) is 13.6 Å². The Balaban J connectivity index is 1.84. The first-order valence-corrected chi connectivity index (χ1v) is 8.95. The standard InChI is InChI=1S/C18H19BBrNO3/c1-13-18(14-6-4-3-5-7-14)24-19(15-8-10-16(20)11-9-15)21(13,2)12-17(22)23-19/h3-11,13,18H,12H2,1-2H3. The molecule has 124 valence electrons. The number of quaternary nitrogens is 1. The van der Waals surface area contributed by atoms with Crippen LogP contribution in [0.1, 0.15) is 18.6 Å². The third kappa shape index (κ3) is 2.10. The average molecular weight is 388 g/mol. The number of hydrogen-bond donors (Lipinski definition) is 0. The van der Waals surface area contributed by atoms with Crippen LogP contribution < -0.4 is 5.46 Å². The fraction of sp³-hybridized carbons (Fsp3) is 0.278. The van der Waals surface area contributed by atoms with Crippen LogP contribution >= 0.6 is 15.9 Å². The normalized spacial score (nSPS) is 34.9. The Hall–Kier alpha value is -1.63. The highest BCUT2D eigenvalue weighted by Gasteiger charge is 2.67. The van der Waals surface area contributed by atoms with Gasteiger partial charge in [0.2, 0.25) is 0 Å². The maximum atomic E-state index is 12.2. The highest BCUT2D eigenvalue weighted by Crippen LogP contribution is 2.46. The summed E-state index contributed by atoms with van der Waals surface area (Å²) in [6.07, 6.45) is -0.104. The Morgan fingerprint density at radius 2 is 1.79 bits per heavy atom. The molecule has 0 amide bonds. The fourth-order valence-corrected chi connectivity index (χ4v) is 4.43. The van der Waals surface area contributed by atoms with Crippen molar-refractivity contribution in [1.29, 1.82) is 0 Å². The van der Waals surface area contributed by atoms with E-state index in [4.69, 9.17) is 9.31 Å². The number of halogens is 1. The van der Waals surface area contributed by atoms with Crippen LogP contribution in [0.2, 0.25) is 0 Å². The van der Waals surface area contributed by atoms with E-state index in [2.05, 4.69) is 42.0 Å². The lowest BCUT2D eigenvalue weighted by atomic mass is 9.60. The minimum Gasteiger partial charge on any atom is -0.607 e. The zero-order chi connectivity index (χ0) is 16.9. The quantitative estimate of drug-likeness (QED) is 0.743. The summed E-state index contributed by atoms with van der Waals surface area (Å²) in [6.45, 7) is 0.561. The summed E-state index contributed by atoms with van der Waals surface area (Å²) >= 11 is 3.46. The lowest BCUT2D eigenvalue weighted by Gasteiger charge is -2.44. The molecule has 2 aliphatic heterocycles. The van der Waals surface area contributed by atoms with E-state index in [9.17, 15) is 4.79 Å². The molecule has 0 bridgehead atoms. The third-order valence-corrected chi connectivity index (χ3v) is 6.19. The van der Waals surface area contributed by atoms with Crippen molar-refractivity contribution >= 4 is 34.0 Å². The number of hydrogen-bond acceptors (Lipinski definition) is 3. The van der Waals surface area contributed by atoms with E-state index in [1.54, 1.807) is 0 Å². The number of benzene rings is 2. The lowest BCUT2D eigenvalue weighted by molar-refractivity contribution is -0.821. The Labute approximate surface area is 150 Å². The van der Waals surface area contributed by atoms with Gasteiger partial charge in [0.25, 0.3) is 0 Å². The number of carbonyl (C=O) groups is 1. The first-order valence-electron chi connectivity index (χ1n) is 8.16. The van der Waals surface area contributed by atoms with Crippen molar-refractivity contribution in [1.82, 2.24) is 0 Å². The first kappa shape index (κ1) is 15.9. The van der Waals surface area contributed by atoms with Gasteiger partial charge >= 0.3 is 12.7 Å². The molecule has 0 saturated carbocycles. The van der Waals surface area contributed by atoms with Gasteiger partial charge < -0.3 is 13.7 Å². The Kier molecular flexibility index (Phi) is 3.60. The van der Waals surface area contributed by atoms with Gasteiger partial charge in [0.15, 0.2) is 0 Å². The molecule has 2 heterocycles. The molecule has 0 spiro atoms. The number of likely N-dealkylation sites (N-methyl/N-ethyl adjacent to an activating group) is 1. The molecule has 4 rings (SSSR count). The molecule has 0 aliphatic carbocycles. The maximum Gasteiger partial charge on any atom is 0.558 e. The largest absolute Gasteiger partial charge is 0.607 e. The minimum absolute atomic E-state index is 0.104. The van der Waals surface area contributed by atoms with Crippen LogP contribution in [0.3, 0.4) is 0 Å². The van der Waals surface area contributed by atoms with E-state index < -0.39 is 6.69 Å². The Morgan fingerprint density at radius 3 is 2.46 bits per heavy atom. The van der Waals surface area contributed by atoms with E-state index in [0.29, 0.717) is 10.9 Å². The molecule has 4 nitrogen and oxygen atoms in total. The lowest BCUT2D eigenvalue weighted by Crippen LogP contribution is -2.69. The van der Waals surface area contributed by atoms with Crippen LogP contribution in [0, 0.1) is 0 Å². The van der Waals surface area contributed by atoms with E-state index in [-0.39, 0.29) is 18.1 Å². The predicted molar refractivity (Wildman–Crippen MR) is 96.4 cm³/mol. The van der Waals surface area contributed by atoms with Crippen LogP contribution in [0.5, 0.6) is 0 Å². The van der Waals surface area contributed by atoms with Gasteiger partial charge in [-0.3, -0.25) is 4.79 Å². The van der Waals surface area contributed by atoms with Gasteiger partial charge in [-0.25, -0.2) is 0 Å². The van der Waals surface area contributed by atoms with Crippen LogP contribution in [-0.2, 0) is 14.1 Å². The third-order valence-electron chi connectivity index (χ3n) is 5.66. The van der Waals surface area contributed by atoms with Gasteiger partial charge in [0, 0.05) is 11.5 Å². The van der Waals surface area contributed by atoms with E-state index in [0.717, 1.165) is 15.5 Å². The van der Waals surface area contributed by atoms with Crippen molar-refractivity contribution in [3.63, 3.8) is 0 Å². The maximum absolute atomic E-state index is 12.2. The Morgan fingerprint density at radius 1 is 1.12 bits per heavy atom. The molecule has 6 heteroatoms. The first-order chi connectivity index (χ1) is 11.5. The van der Waals surface area contributed by atoms with Gasteiger partial charge in [-0.1, -0.05) is 76.0 Å². The molecular formula is C18H19BBrNO3. The second-order valence-corrected chi connectivity index (χ2v) is 7.84. The highest BCUT2D eigenvalue weighted by molar-refractivity contribution is 9.10. The van der Waals surface area contributed by atoms with Crippen molar-refractivity contribution in [2.45, 2.75) is 19.1 Å². The summed E-state index contributed by atoms with van der Waals surface area (Å²) < 4.78 is 13.9. The van der Waals surface area contributed by atoms with Gasteiger partial charge in [0.05, 0.1) is 12.1 Å². The number of carbonyl (C=O) groups excluding carboxylic acids is 1. The van der Waals surface area contributed by atoms with Gasteiger partial charge in [-0.2, -0.15) is 0 Å². The van der Waals surface area contributed by atoms with Crippen molar-refractivity contribution in [3.05, 3.63) is 64.6 Å². The van der Waals surface area contributed by atoms with E-state index in [1.165, 1.54) is 0 Å². The Bertz CT molecular complexity index is 785. The molecule has 2 aromatic rings. The molecule has 4 atom stereocenters. The number of rotatable bonds is 2. The molecule has 4 unspecified atom stereocenters.